The molecule has 0 unspecified atom stereocenters. The van der Waals surface area contributed by atoms with Crippen molar-refractivity contribution in [3.63, 3.8) is 0 Å². The summed E-state index contributed by atoms with van der Waals surface area (Å²) >= 11 is 5.86. The molecule has 0 aromatic heterocycles. The Balaban J connectivity index is 2.04. The second-order valence-electron chi connectivity index (χ2n) is 5.20. The van der Waals surface area contributed by atoms with Gasteiger partial charge in [-0.3, -0.25) is 9.59 Å². The maximum Gasteiger partial charge on any atom is 0.233 e. The largest absolute Gasteiger partial charge is 0.493 e. The van der Waals surface area contributed by atoms with Crippen molar-refractivity contribution in [2.24, 2.45) is 0 Å². The number of hydrogen-bond acceptors (Lipinski definition) is 5. The van der Waals surface area contributed by atoms with Crippen molar-refractivity contribution in [1.82, 2.24) is 0 Å². The summed E-state index contributed by atoms with van der Waals surface area (Å²) in [6.45, 7) is 0. The van der Waals surface area contributed by atoms with Crippen LogP contribution >= 0.6 is 11.6 Å². The van der Waals surface area contributed by atoms with Gasteiger partial charge in [-0.15, -0.1) is 0 Å². The van der Waals surface area contributed by atoms with Gasteiger partial charge in [0, 0.05) is 28.5 Å². The van der Waals surface area contributed by atoms with Gasteiger partial charge in [0.05, 0.1) is 21.3 Å². The minimum Gasteiger partial charge on any atom is -0.493 e. The van der Waals surface area contributed by atoms with Crippen molar-refractivity contribution in [2.45, 2.75) is 6.42 Å². The molecule has 2 amide bonds. The van der Waals surface area contributed by atoms with Gasteiger partial charge in [-0.05, 0) is 18.2 Å². The van der Waals surface area contributed by atoms with Crippen molar-refractivity contribution in [2.75, 3.05) is 32.0 Å². The van der Waals surface area contributed by atoms with E-state index >= 15 is 0 Å². The van der Waals surface area contributed by atoms with Crippen LogP contribution < -0.4 is 24.8 Å². The molecule has 0 saturated carbocycles. The Kier molecular flexibility index (Phi) is 6.68. The molecule has 0 bridgehead atoms. The Morgan fingerprint density at radius 3 is 1.96 bits per heavy atom. The predicted octanol–water partition coefficient (Wildman–Crippen LogP) is 3.33. The lowest BCUT2D eigenvalue weighted by atomic mass is 10.2. The molecular weight excluding hydrogens is 360 g/mol. The molecule has 0 aliphatic heterocycles. The second-order valence-corrected chi connectivity index (χ2v) is 5.63. The average Bonchev–Trinajstić information content (AvgIpc) is 2.60. The number of hydrogen-bond donors (Lipinski definition) is 2. The molecule has 8 heteroatoms. The Hall–Kier alpha value is -2.93. The highest BCUT2D eigenvalue weighted by molar-refractivity contribution is 6.30. The molecule has 26 heavy (non-hydrogen) atoms. The van der Waals surface area contributed by atoms with Crippen LogP contribution in [0.4, 0.5) is 11.4 Å². The summed E-state index contributed by atoms with van der Waals surface area (Å²) in [7, 11) is 4.43. The molecule has 0 spiro atoms. The van der Waals surface area contributed by atoms with Crippen LogP contribution in [0.3, 0.4) is 0 Å². The molecule has 0 atom stereocenters. The van der Waals surface area contributed by atoms with E-state index in [-0.39, 0.29) is 6.42 Å². The number of methoxy groups -OCH3 is 3. The van der Waals surface area contributed by atoms with E-state index in [2.05, 4.69) is 10.6 Å². The molecule has 2 N–H and O–H groups in total. The lowest BCUT2D eigenvalue weighted by Gasteiger charge is -2.14. The van der Waals surface area contributed by atoms with E-state index in [0.717, 1.165) is 0 Å². The zero-order valence-electron chi connectivity index (χ0n) is 14.6. The third kappa shape index (κ3) is 5.03. The summed E-state index contributed by atoms with van der Waals surface area (Å²) in [5.41, 5.74) is 0.933. The number of benzene rings is 2. The molecule has 2 rings (SSSR count). The van der Waals surface area contributed by atoms with Gasteiger partial charge in [-0.25, -0.2) is 0 Å². The van der Waals surface area contributed by atoms with E-state index in [0.29, 0.717) is 33.6 Å². The van der Waals surface area contributed by atoms with Crippen LogP contribution in [0.1, 0.15) is 6.42 Å². The van der Waals surface area contributed by atoms with Gasteiger partial charge in [-0.2, -0.15) is 0 Å². The van der Waals surface area contributed by atoms with Crippen LogP contribution in [0.15, 0.2) is 36.4 Å². The van der Waals surface area contributed by atoms with Crippen LogP contribution in [-0.4, -0.2) is 33.1 Å². The van der Waals surface area contributed by atoms with Gasteiger partial charge in [0.15, 0.2) is 11.5 Å². The van der Waals surface area contributed by atoms with Crippen LogP contribution in [0.2, 0.25) is 5.02 Å². The first-order valence-electron chi connectivity index (χ1n) is 7.62. The fraction of sp³-hybridized carbons (Fsp3) is 0.222. The number of nitrogens with one attached hydrogen (secondary N) is 2. The van der Waals surface area contributed by atoms with Gasteiger partial charge >= 0.3 is 0 Å². The van der Waals surface area contributed by atoms with Gasteiger partial charge in [0.1, 0.15) is 6.42 Å². The topological polar surface area (TPSA) is 85.9 Å². The number of halogens is 1. The highest BCUT2D eigenvalue weighted by atomic mass is 35.5. The van der Waals surface area contributed by atoms with Crippen LogP contribution in [-0.2, 0) is 9.59 Å². The van der Waals surface area contributed by atoms with Gasteiger partial charge in [0.25, 0.3) is 0 Å². The molecule has 0 radical (unpaired) electrons. The zero-order valence-corrected chi connectivity index (χ0v) is 15.3. The molecule has 0 fully saturated rings. The third-order valence-electron chi connectivity index (χ3n) is 3.38. The van der Waals surface area contributed by atoms with Crippen LogP contribution in [0.5, 0.6) is 17.2 Å². The number of ether oxygens (including phenoxy) is 3. The number of anilines is 2. The van der Waals surface area contributed by atoms with Crippen molar-refractivity contribution < 1.29 is 23.8 Å². The summed E-state index contributed by atoms with van der Waals surface area (Å²) in [6.07, 6.45) is -0.358. The molecule has 2 aromatic rings. The SMILES string of the molecule is COc1cc(NC(=O)CC(=O)Nc2cccc(Cl)c2)cc(OC)c1OC. The summed E-state index contributed by atoms with van der Waals surface area (Å²) in [5.74, 6) is 0.249. The monoisotopic (exact) mass is 378 g/mol. The quantitative estimate of drug-likeness (QED) is 0.722. The van der Waals surface area contributed by atoms with Crippen LogP contribution in [0.25, 0.3) is 0 Å². The molecule has 0 aliphatic rings. The minimum atomic E-state index is -0.487. The first kappa shape index (κ1) is 19.4. The van der Waals surface area contributed by atoms with Crippen molar-refractivity contribution >= 4 is 34.8 Å². The Morgan fingerprint density at radius 1 is 0.885 bits per heavy atom. The first-order valence-corrected chi connectivity index (χ1v) is 8.00. The van der Waals surface area contributed by atoms with Crippen molar-refractivity contribution in [3.05, 3.63) is 41.4 Å². The lowest BCUT2D eigenvalue weighted by Crippen LogP contribution is -2.21. The average molecular weight is 379 g/mol. The molecule has 0 aliphatic carbocycles. The standard InChI is InChI=1S/C18H19ClN2O5/c1-24-14-8-13(9-15(25-2)18(14)26-3)21-17(23)10-16(22)20-12-6-4-5-11(19)7-12/h4-9H,10H2,1-3H3,(H,20,22)(H,21,23). The maximum atomic E-state index is 12.1. The number of amides is 2. The van der Waals surface area contributed by atoms with Gasteiger partial charge in [-0.1, -0.05) is 17.7 Å². The minimum absolute atomic E-state index is 0.358. The van der Waals surface area contributed by atoms with Crippen molar-refractivity contribution in [3.8, 4) is 17.2 Å². The summed E-state index contributed by atoms with van der Waals surface area (Å²) < 4.78 is 15.7. The fourth-order valence-electron chi connectivity index (χ4n) is 2.28. The van der Waals surface area contributed by atoms with E-state index in [9.17, 15) is 9.59 Å². The molecular formula is C18H19ClN2O5. The molecule has 138 valence electrons. The highest BCUT2D eigenvalue weighted by Crippen LogP contribution is 2.39. The van der Waals surface area contributed by atoms with E-state index < -0.39 is 11.8 Å². The zero-order chi connectivity index (χ0) is 19.1. The molecule has 2 aromatic carbocycles. The van der Waals surface area contributed by atoms with Crippen LogP contribution in [0, 0.1) is 0 Å². The third-order valence-corrected chi connectivity index (χ3v) is 3.61. The summed E-state index contributed by atoms with van der Waals surface area (Å²) in [4.78, 5) is 24.1. The maximum absolute atomic E-state index is 12.1. The highest BCUT2D eigenvalue weighted by Gasteiger charge is 2.16. The van der Waals surface area contributed by atoms with Crippen molar-refractivity contribution in [1.29, 1.82) is 0 Å². The molecule has 0 saturated heterocycles. The van der Waals surface area contributed by atoms with Gasteiger partial charge < -0.3 is 24.8 Å². The van der Waals surface area contributed by atoms with E-state index in [1.165, 1.54) is 21.3 Å². The summed E-state index contributed by atoms with van der Waals surface area (Å²) in [5, 5.41) is 5.73. The Morgan fingerprint density at radius 2 is 1.46 bits per heavy atom. The molecule has 7 nitrogen and oxygen atoms in total. The van der Waals surface area contributed by atoms with E-state index in [1.54, 1.807) is 36.4 Å². The predicted molar refractivity (Wildman–Crippen MR) is 99.4 cm³/mol. The fourth-order valence-corrected chi connectivity index (χ4v) is 2.47. The Bertz CT molecular complexity index is 785. The number of rotatable bonds is 7. The van der Waals surface area contributed by atoms with Gasteiger partial charge in [0.2, 0.25) is 17.6 Å². The van der Waals surface area contributed by atoms with E-state index in [4.69, 9.17) is 25.8 Å². The second kappa shape index (κ2) is 8.96. The molecule has 0 heterocycles. The Labute approximate surface area is 156 Å². The number of carbonyl (C=O) groups is 2. The number of carbonyl (C=O) groups excluding carboxylic acids is 2. The van der Waals surface area contributed by atoms with E-state index in [1.807, 2.05) is 0 Å². The normalized spacial score (nSPS) is 10.0. The lowest BCUT2D eigenvalue weighted by molar-refractivity contribution is -0.123. The smallest absolute Gasteiger partial charge is 0.233 e. The first-order chi connectivity index (χ1) is 12.5. The summed E-state index contributed by atoms with van der Waals surface area (Å²) in [6, 6.07) is 9.82.